The third-order valence-corrected chi connectivity index (χ3v) is 4.26. The van der Waals surface area contributed by atoms with E-state index in [2.05, 4.69) is 23.0 Å². The van der Waals surface area contributed by atoms with Crippen LogP contribution in [0, 0.1) is 22.7 Å². The summed E-state index contributed by atoms with van der Waals surface area (Å²) in [5.41, 5.74) is 0.408. The lowest BCUT2D eigenvalue weighted by molar-refractivity contribution is 0.390. The lowest BCUT2D eigenvalue weighted by Gasteiger charge is -2.31. The van der Waals surface area contributed by atoms with Crippen molar-refractivity contribution in [2.24, 2.45) is 11.3 Å². The fourth-order valence-electron chi connectivity index (χ4n) is 2.47. The summed E-state index contributed by atoms with van der Waals surface area (Å²) in [5.74, 6) is 0.766. The highest BCUT2D eigenvalue weighted by atomic mass is 16.1. The molecule has 0 unspecified atom stereocenters. The van der Waals surface area contributed by atoms with Crippen LogP contribution in [0.5, 0.6) is 0 Å². The predicted octanol–water partition coefficient (Wildman–Crippen LogP) is 2.42. The van der Waals surface area contributed by atoms with Crippen LogP contribution in [0.2, 0.25) is 0 Å². The van der Waals surface area contributed by atoms with E-state index in [0.717, 1.165) is 24.7 Å². The number of nitriles is 1. The van der Waals surface area contributed by atoms with Gasteiger partial charge in [-0.05, 0) is 39.0 Å². The molecular formula is C16H24N4O. The first-order valence-electron chi connectivity index (χ1n) is 7.65. The molecule has 0 bridgehead atoms. The second kappa shape index (κ2) is 6.30. The second-order valence-corrected chi connectivity index (χ2v) is 6.69. The van der Waals surface area contributed by atoms with E-state index in [4.69, 9.17) is 5.26 Å². The van der Waals surface area contributed by atoms with Gasteiger partial charge in [-0.2, -0.15) is 10.4 Å². The van der Waals surface area contributed by atoms with Crippen LogP contribution in [-0.4, -0.2) is 22.9 Å². The Morgan fingerprint density at radius 2 is 2.10 bits per heavy atom. The molecule has 0 N–H and O–H groups in total. The van der Waals surface area contributed by atoms with Crippen LogP contribution in [-0.2, 0) is 6.54 Å². The number of hydrogen-bond acceptors (Lipinski definition) is 4. The molecule has 0 spiro atoms. The van der Waals surface area contributed by atoms with Crippen molar-refractivity contribution in [3.8, 4) is 6.07 Å². The Morgan fingerprint density at radius 1 is 1.43 bits per heavy atom. The Morgan fingerprint density at radius 3 is 2.67 bits per heavy atom. The Bertz CT molecular complexity index is 577. The standard InChI is InChI=1S/C16H24N4O/c1-13-4-7-19(8-5-13)14-10-15(21)20(18-11-14)9-6-16(2,3)12-17/h10-11,13H,4-9H2,1-3H3. The van der Waals surface area contributed by atoms with Gasteiger partial charge in [0.1, 0.15) is 0 Å². The van der Waals surface area contributed by atoms with Crippen molar-refractivity contribution in [3.05, 3.63) is 22.6 Å². The summed E-state index contributed by atoms with van der Waals surface area (Å²) in [6.45, 7) is 8.49. The van der Waals surface area contributed by atoms with Crippen LogP contribution >= 0.6 is 0 Å². The van der Waals surface area contributed by atoms with Crippen LogP contribution in [0.25, 0.3) is 0 Å². The average Bonchev–Trinajstić information content (AvgIpc) is 2.47. The number of aromatic nitrogens is 2. The average molecular weight is 288 g/mol. The van der Waals surface area contributed by atoms with E-state index in [1.807, 2.05) is 13.8 Å². The third-order valence-electron chi connectivity index (χ3n) is 4.26. The summed E-state index contributed by atoms with van der Waals surface area (Å²) in [7, 11) is 0. The zero-order valence-electron chi connectivity index (χ0n) is 13.2. The van der Waals surface area contributed by atoms with Gasteiger partial charge in [0.05, 0.1) is 23.4 Å². The van der Waals surface area contributed by atoms with Gasteiger partial charge in [-0.1, -0.05) is 6.92 Å². The van der Waals surface area contributed by atoms with Gasteiger partial charge < -0.3 is 4.90 Å². The summed E-state index contributed by atoms with van der Waals surface area (Å²) in [6, 6.07) is 3.92. The summed E-state index contributed by atoms with van der Waals surface area (Å²) in [5, 5.41) is 13.3. The van der Waals surface area contributed by atoms with Crippen molar-refractivity contribution in [3.63, 3.8) is 0 Å². The maximum absolute atomic E-state index is 12.1. The maximum atomic E-state index is 12.1. The minimum Gasteiger partial charge on any atom is -0.370 e. The normalized spacial score (nSPS) is 16.8. The Labute approximate surface area is 126 Å². The van der Waals surface area contributed by atoms with Gasteiger partial charge in [-0.15, -0.1) is 0 Å². The largest absolute Gasteiger partial charge is 0.370 e. The molecule has 0 amide bonds. The molecule has 0 radical (unpaired) electrons. The van der Waals surface area contributed by atoms with Gasteiger partial charge in [-0.3, -0.25) is 4.79 Å². The van der Waals surface area contributed by atoms with Crippen molar-refractivity contribution < 1.29 is 0 Å². The zero-order valence-corrected chi connectivity index (χ0v) is 13.2. The lowest BCUT2D eigenvalue weighted by Crippen LogP contribution is -2.34. The molecule has 1 aromatic rings. The number of aryl methyl sites for hydroxylation is 1. The van der Waals surface area contributed by atoms with Gasteiger partial charge in [0.25, 0.3) is 5.56 Å². The summed E-state index contributed by atoms with van der Waals surface area (Å²) in [6.07, 6.45) is 4.73. The Kier molecular flexibility index (Phi) is 4.66. The van der Waals surface area contributed by atoms with E-state index in [1.54, 1.807) is 12.3 Å². The van der Waals surface area contributed by atoms with E-state index in [1.165, 1.54) is 17.5 Å². The molecule has 1 saturated heterocycles. The SMILES string of the molecule is CC1CCN(c2cnn(CCC(C)(C)C#N)c(=O)c2)CC1. The van der Waals surface area contributed by atoms with Gasteiger partial charge >= 0.3 is 0 Å². The highest BCUT2D eigenvalue weighted by Crippen LogP contribution is 2.21. The molecule has 5 nitrogen and oxygen atoms in total. The molecule has 1 fully saturated rings. The van der Waals surface area contributed by atoms with Crippen molar-refractivity contribution in [1.82, 2.24) is 9.78 Å². The van der Waals surface area contributed by atoms with Gasteiger partial charge in [0.2, 0.25) is 0 Å². The predicted molar refractivity (Wildman–Crippen MR) is 83.1 cm³/mol. The smallest absolute Gasteiger partial charge is 0.268 e. The molecule has 5 heteroatoms. The number of piperidine rings is 1. The number of hydrogen-bond donors (Lipinski definition) is 0. The first-order chi connectivity index (χ1) is 9.91. The highest BCUT2D eigenvalue weighted by Gasteiger charge is 2.19. The van der Waals surface area contributed by atoms with Crippen LogP contribution < -0.4 is 10.5 Å². The van der Waals surface area contributed by atoms with Crippen LogP contribution in [0.15, 0.2) is 17.1 Å². The molecule has 1 aromatic heterocycles. The van der Waals surface area contributed by atoms with Crippen molar-refractivity contribution in [2.75, 3.05) is 18.0 Å². The molecule has 21 heavy (non-hydrogen) atoms. The molecule has 1 aliphatic heterocycles. The summed E-state index contributed by atoms with van der Waals surface area (Å²) >= 11 is 0. The van der Waals surface area contributed by atoms with E-state index < -0.39 is 5.41 Å². The van der Waals surface area contributed by atoms with Crippen molar-refractivity contribution in [2.45, 2.75) is 46.6 Å². The van der Waals surface area contributed by atoms with E-state index >= 15 is 0 Å². The van der Waals surface area contributed by atoms with Crippen LogP contribution in [0.3, 0.4) is 0 Å². The van der Waals surface area contributed by atoms with Gasteiger partial charge in [-0.25, -0.2) is 4.68 Å². The molecule has 114 valence electrons. The van der Waals surface area contributed by atoms with E-state index in [9.17, 15) is 4.79 Å². The number of rotatable bonds is 4. The minimum atomic E-state index is -0.428. The molecule has 2 rings (SSSR count). The fraction of sp³-hybridized carbons (Fsp3) is 0.688. The first kappa shape index (κ1) is 15.6. The molecule has 1 aliphatic rings. The first-order valence-corrected chi connectivity index (χ1v) is 7.65. The second-order valence-electron chi connectivity index (χ2n) is 6.69. The van der Waals surface area contributed by atoms with Gasteiger partial charge in [0.15, 0.2) is 0 Å². The molecule has 2 heterocycles. The Hall–Kier alpha value is -1.83. The van der Waals surface area contributed by atoms with E-state index in [0.29, 0.717) is 13.0 Å². The Balaban J connectivity index is 2.04. The van der Waals surface area contributed by atoms with Crippen molar-refractivity contribution in [1.29, 1.82) is 5.26 Å². The molecule has 0 aromatic carbocycles. The highest BCUT2D eigenvalue weighted by molar-refractivity contribution is 5.43. The summed E-state index contributed by atoms with van der Waals surface area (Å²) in [4.78, 5) is 14.4. The van der Waals surface area contributed by atoms with Crippen LogP contribution in [0.1, 0.15) is 40.0 Å². The number of nitrogens with zero attached hydrogens (tertiary/aromatic N) is 4. The zero-order chi connectivity index (χ0) is 15.5. The molecular weight excluding hydrogens is 264 g/mol. The minimum absolute atomic E-state index is 0.0835. The van der Waals surface area contributed by atoms with E-state index in [-0.39, 0.29) is 5.56 Å². The quantitative estimate of drug-likeness (QED) is 0.853. The fourth-order valence-corrected chi connectivity index (χ4v) is 2.47. The van der Waals surface area contributed by atoms with Crippen molar-refractivity contribution >= 4 is 5.69 Å². The number of anilines is 1. The maximum Gasteiger partial charge on any atom is 0.268 e. The summed E-state index contributed by atoms with van der Waals surface area (Å²) < 4.78 is 1.45. The third kappa shape index (κ3) is 4.07. The van der Waals surface area contributed by atoms with Crippen LogP contribution in [0.4, 0.5) is 5.69 Å². The topological polar surface area (TPSA) is 61.9 Å². The molecule has 0 atom stereocenters. The lowest BCUT2D eigenvalue weighted by atomic mass is 9.92. The molecule has 0 saturated carbocycles. The monoisotopic (exact) mass is 288 g/mol. The van der Waals surface area contributed by atoms with Gasteiger partial charge in [0, 0.05) is 25.7 Å². The molecule has 0 aliphatic carbocycles.